The minimum Gasteiger partial charge on any atom is -0.376 e. The van der Waals surface area contributed by atoms with Crippen LogP contribution in [0.3, 0.4) is 0 Å². The summed E-state index contributed by atoms with van der Waals surface area (Å²) in [6.07, 6.45) is 0. The van der Waals surface area contributed by atoms with Crippen LogP contribution in [0.25, 0.3) is 0 Å². The van der Waals surface area contributed by atoms with Gasteiger partial charge in [0, 0.05) is 5.56 Å². The van der Waals surface area contributed by atoms with Crippen molar-refractivity contribution in [1.82, 2.24) is 0 Å². The first-order valence-corrected chi connectivity index (χ1v) is 7.68. The van der Waals surface area contributed by atoms with E-state index in [1.54, 1.807) is 30.3 Å². The van der Waals surface area contributed by atoms with Gasteiger partial charge >= 0.3 is 15.6 Å². The number of rotatable bonds is 5. The summed E-state index contributed by atoms with van der Waals surface area (Å²) < 4.78 is 64.0. The first kappa shape index (κ1) is 16.9. The van der Waals surface area contributed by atoms with Crippen molar-refractivity contribution < 1.29 is 25.8 Å². The lowest BCUT2D eigenvalue weighted by Crippen LogP contribution is -2.28. The molecular formula is C14H11F3N2O3S. The maximum atomic E-state index is 12.5. The molecule has 2 aromatic carbocycles. The third-order valence-corrected chi connectivity index (χ3v) is 3.91. The zero-order valence-corrected chi connectivity index (χ0v) is 12.3. The Morgan fingerprint density at radius 3 is 2.13 bits per heavy atom. The van der Waals surface area contributed by atoms with Gasteiger partial charge in [-0.15, -0.1) is 0 Å². The fraction of sp³-hybridized carbons (Fsp3) is 0.143. The molecule has 0 aliphatic rings. The lowest BCUT2D eigenvalue weighted by atomic mass is 9.99. The quantitative estimate of drug-likeness (QED) is 0.505. The Hall–Kier alpha value is -2.42. The fourth-order valence-corrected chi connectivity index (χ4v) is 2.39. The van der Waals surface area contributed by atoms with Crippen molar-refractivity contribution in [2.75, 3.05) is 0 Å². The molecule has 0 heterocycles. The molecule has 1 N–H and O–H groups in total. The Balaban J connectivity index is 2.47. The van der Waals surface area contributed by atoms with Crippen molar-refractivity contribution in [3.8, 4) is 5.75 Å². The topological polar surface area (TPSA) is 79.6 Å². The Morgan fingerprint density at radius 1 is 1.00 bits per heavy atom. The third kappa shape index (κ3) is 3.67. The van der Waals surface area contributed by atoms with Crippen molar-refractivity contribution >= 4 is 10.1 Å². The minimum atomic E-state index is -5.80. The van der Waals surface area contributed by atoms with E-state index in [4.69, 9.17) is 5.53 Å². The van der Waals surface area contributed by atoms with E-state index in [1.165, 1.54) is 18.2 Å². The van der Waals surface area contributed by atoms with Gasteiger partial charge in [0.25, 0.3) is 0 Å². The molecule has 0 radical (unpaired) electrons. The standard InChI is InChI=1S/C14H11F3N2O3S/c15-14(16,17)23(20,21)22-12-9-5-4-8-11(12)13(19-18)10-6-2-1-3-7-10/h1-9,13,18H. The molecule has 1 atom stereocenters. The van der Waals surface area contributed by atoms with Gasteiger partial charge in [0.1, 0.15) is 11.8 Å². The van der Waals surface area contributed by atoms with Gasteiger partial charge in [-0.2, -0.15) is 26.7 Å². The van der Waals surface area contributed by atoms with Crippen LogP contribution in [0.4, 0.5) is 13.2 Å². The molecule has 0 aliphatic carbocycles. The SMILES string of the molecule is N=NC(c1ccccc1)c1ccccc1OS(=O)(=O)C(F)(F)F. The van der Waals surface area contributed by atoms with Gasteiger partial charge in [0.05, 0.1) is 0 Å². The van der Waals surface area contributed by atoms with E-state index in [2.05, 4.69) is 9.30 Å². The number of alkyl halides is 3. The van der Waals surface area contributed by atoms with Crippen LogP contribution in [0.15, 0.2) is 59.7 Å². The number of hydrogen-bond donors (Lipinski definition) is 1. The van der Waals surface area contributed by atoms with Crippen LogP contribution < -0.4 is 4.18 Å². The molecule has 0 fully saturated rings. The van der Waals surface area contributed by atoms with E-state index >= 15 is 0 Å². The highest BCUT2D eigenvalue weighted by molar-refractivity contribution is 7.88. The zero-order valence-electron chi connectivity index (χ0n) is 11.5. The molecule has 0 saturated heterocycles. The maximum absolute atomic E-state index is 12.5. The predicted octanol–water partition coefficient (Wildman–Crippen LogP) is 4.04. The fourth-order valence-electron chi connectivity index (χ4n) is 1.91. The summed E-state index contributed by atoms with van der Waals surface area (Å²) in [5.74, 6) is -0.519. The van der Waals surface area contributed by atoms with Crippen LogP contribution in [-0.4, -0.2) is 13.9 Å². The van der Waals surface area contributed by atoms with Crippen LogP contribution in [0.1, 0.15) is 17.2 Å². The van der Waals surface area contributed by atoms with Crippen molar-refractivity contribution in [3.63, 3.8) is 0 Å². The van der Waals surface area contributed by atoms with Gasteiger partial charge in [-0.25, -0.2) is 5.53 Å². The van der Waals surface area contributed by atoms with Gasteiger partial charge in [-0.05, 0) is 11.6 Å². The van der Waals surface area contributed by atoms with E-state index in [9.17, 15) is 21.6 Å². The Labute approximate surface area is 130 Å². The molecule has 0 amide bonds. The largest absolute Gasteiger partial charge is 0.534 e. The van der Waals surface area contributed by atoms with E-state index in [0.29, 0.717) is 5.56 Å². The first-order valence-electron chi connectivity index (χ1n) is 6.27. The second kappa shape index (κ2) is 6.37. The lowest BCUT2D eigenvalue weighted by Gasteiger charge is -2.17. The number of nitrogens with zero attached hydrogens (tertiary/aromatic N) is 1. The first-order chi connectivity index (χ1) is 10.8. The van der Waals surface area contributed by atoms with Crippen LogP contribution in [0.5, 0.6) is 5.75 Å². The van der Waals surface area contributed by atoms with Gasteiger partial charge in [-0.1, -0.05) is 48.5 Å². The molecule has 9 heteroatoms. The molecule has 2 aromatic rings. The Morgan fingerprint density at radius 2 is 1.57 bits per heavy atom. The molecular weight excluding hydrogens is 333 g/mol. The molecule has 122 valence electrons. The van der Waals surface area contributed by atoms with Gasteiger partial charge in [0.2, 0.25) is 0 Å². The second-order valence-corrected chi connectivity index (χ2v) is 6.00. The second-order valence-electron chi connectivity index (χ2n) is 4.46. The van der Waals surface area contributed by atoms with Crippen LogP contribution in [-0.2, 0) is 10.1 Å². The summed E-state index contributed by atoms with van der Waals surface area (Å²) in [7, 11) is -5.80. The van der Waals surface area contributed by atoms with E-state index in [0.717, 1.165) is 6.07 Å². The smallest absolute Gasteiger partial charge is 0.376 e. The maximum Gasteiger partial charge on any atom is 0.534 e. The Bertz CT molecular complexity index is 792. The van der Waals surface area contributed by atoms with Gasteiger partial charge < -0.3 is 4.18 Å². The molecule has 0 aromatic heterocycles. The van der Waals surface area contributed by atoms with Crippen molar-refractivity contribution in [3.05, 3.63) is 65.7 Å². The zero-order chi connectivity index (χ0) is 17.1. The average molecular weight is 344 g/mol. The van der Waals surface area contributed by atoms with E-state index < -0.39 is 27.4 Å². The highest BCUT2D eigenvalue weighted by Crippen LogP contribution is 2.35. The predicted molar refractivity (Wildman–Crippen MR) is 75.5 cm³/mol. The Kier molecular flexibility index (Phi) is 4.69. The molecule has 0 saturated carbocycles. The minimum absolute atomic E-state index is 0.0431. The van der Waals surface area contributed by atoms with Gasteiger partial charge in [-0.3, -0.25) is 0 Å². The molecule has 0 aliphatic heterocycles. The molecule has 0 spiro atoms. The van der Waals surface area contributed by atoms with Crippen LogP contribution in [0, 0.1) is 5.53 Å². The molecule has 1 unspecified atom stereocenters. The highest BCUT2D eigenvalue weighted by atomic mass is 32.2. The van der Waals surface area contributed by atoms with Crippen LogP contribution >= 0.6 is 0 Å². The lowest BCUT2D eigenvalue weighted by molar-refractivity contribution is -0.0500. The van der Waals surface area contributed by atoms with Crippen molar-refractivity contribution in [2.45, 2.75) is 11.6 Å². The third-order valence-electron chi connectivity index (χ3n) is 2.94. The summed E-state index contributed by atoms with van der Waals surface area (Å²) in [6, 6.07) is 12.6. The molecule has 23 heavy (non-hydrogen) atoms. The molecule has 5 nitrogen and oxygen atoms in total. The normalized spacial score (nSPS) is 13.3. The number of benzene rings is 2. The molecule has 2 rings (SSSR count). The van der Waals surface area contributed by atoms with Crippen molar-refractivity contribution in [2.24, 2.45) is 5.11 Å². The highest BCUT2D eigenvalue weighted by Gasteiger charge is 2.48. The summed E-state index contributed by atoms with van der Waals surface area (Å²) in [6.45, 7) is 0. The van der Waals surface area contributed by atoms with E-state index in [1.807, 2.05) is 0 Å². The number of nitrogens with one attached hydrogen (secondary N) is 1. The summed E-state index contributed by atoms with van der Waals surface area (Å²) in [5.41, 5.74) is 2.30. The molecule has 0 bridgehead atoms. The number of para-hydroxylation sites is 1. The summed E-state index contributed by atoms with van der Waals surface area (Å²) in [4.78, 5) is 0. The summed E-state index contributed by atoms with van der Waals surface area (Å²) in [5, 5.41) is 3.38. The average Bonchev–Trinajstić information content (AvgIpc) is 2.49. The number of hydrogen-bond acceptors (Lipinski definition) is 5. The van der Waals surface area contributed by atoms with E-state index in [-0.39, 0.29) is 5.56 Å². The van der Waals surface area contributed by atoms with Crippen LogP contribution in [0.2, 0.25) is 0 Å². The van der Waals surface area contributed by atoms with Gasteiger partial charge in [0.15, 0.2) is 0 Å². The summed E-state index contributed by atoms with van der Waals surface area (Å²) >= 11 is 0. The van der Waals surface area contributed by atoms with Crippen molar-refractivity contribution in [1.29, 1.82) is 5.53 Å². The number of halogens is 3. The monoisotopic (exact) mass is 344 g/mol.